The highest BCUT2D eigenvalue weighted by Gasteiger charge is 2.52. The minimum absolute atomic E-state index is 0.152. The van der Waals surface area contributed by atoms with Gasteiger partial charge in [0.2, 0.25) is 0 Å². The van der Waals surface area contributed by atoms with Crippen molar-refractivity contribution in [3.8, 4) is 5.75 Å². The zero-order valence-electron chi connectivity index (χ0n) is 16.5. The highest BCUT2D eigenvalue weighted by Crippen LogP contribution is 2.48. The Labute approximate surface area is 166 Å². The van der Waals surface area contributed by atoms with Gasteiger partial charge in [0.15, 0.2) is 9.84 Å². The Hall–Kier alpha value is -2.31. The second-order valence-electron chi connectivity index (χ2n) is 7.91. The fourth-order valence-corrected chi connectivity index (χ4v) is 5.07. The van der Waals surface area contributed by atoms with Crippen molar-refractivity contribution in [3.63, 3.8) is 0 Å². The molecule has 28 heavy (non-hydrogen) atoms. The Balaban J connectivity index is 1.66. The summed E-state index contributed by atoms with van der Waals surface area (Å²) in [5.74, 6) is 0.820. The molecule has 5 nitrogen and oxygen atoms in total. The van der Waals surface area contributed by atoms with Crippen LogP contribution in [0.2, 0.25) is 0 Å². The molecule has 0 N–H and O–H groups in total. The Kier molecular flexibility index (Phi) is 4.51. The molecule has 2 unspecified atom stereocenters. The van der Waals surface area contributed by atoms with Gasteiger partial charge in [-0.25, -0.2) is 8.42 Å². The number of methoxy groups -OCH3 is 1. The van der Waals surface area contributed by atoms with Gasteiger partial charge in [-0.05, 0) is 43.2 Å². The number of fused-ring (bicyclic) bond motifs is 3. The number of nitrogens with zero attached hydrogens (tertiary/aromatic N) is 1. The second kappa shape index (κ2) is 6.64. The summed E-state index contributed by atoms with van der Waals surface area (Å²) in [7, 11) is -1.68. The summed E-state index contributed by atoms with van der Waals surface area (Å²) in [6.45, 7) is 4.20. The average Bonchev–Trinajstić information content (AvgIpc) is 3.13. The summed E-state index contributed by atoms with van der Waals surface area (Å²) in [6, 6.07) is 13.3. The van der Waals surface area contributed by atoms with E-state index in [0.717, 1.165) is 22.6 Å². The normalized spacial score (nSPS) is 23.1. The molecule has 1 saturated heterocycles. The van der Waals surface area contributed by atoms with Crippen molar-refractivity contribution < 1.29 is 17.9 Å². The molecule has 2 aromatic carbocycles. The zero-order valence-corrected chi connectivity index (χ0v) is 17.4. The molecule has 2 atom stereocenters. The first-order chi connectivity index (χ1) is 13.2. The van der Waals surface area contributed by atoms with Crippen molar-refractivity contribution in [1.29, 1.82) is 0 Å². The van der Waals surface area contributed by atoms with Gasteiger partial charge in [-0.15, -0.1) is 0 Å². The van der Waals surface area contributed by atoms with Crippen LogP contribution in [0.15, 0.2) is 53.4 Å². The molecule has 1 fully saturated rings. The van der Waals surface area contributed by atoms with Gasteiger partial charge in [0.1, 0.15) is 18.1 Å². The Morgan fingerprint density at radius 2 is 1.89 bits per heavy atom. The first-order valence-corrected chi connectivity index (χ1v) is 11.2. The van der Waals surface area contributed by atoms with Crippen molar-refractivity contribution >= 4 is 21.6 Å². The van der Waals surface area contributed by atoms with Crippen LogP contribution in [0.4, 0.5) is 5.69 Å². The lowest BCUT2D eigenvalue weighted by molar-refractivity contribution is 0.0652. The van der Waals surface area contributed by atoms with E-state index in [0.29, 0.717) is 11.3 Å². The van der Waals surface area contributed by atoms with Gasteiger partial charge < -0.3 is 14.4 Å². The fourth-order valence-electron chi connectivity index (χ4n) is 4.16. The molecule has 4 rings (SSSR count). The maximum Gasteiger partial charge on any atom is 0.177 e. The van der Waals surface area contributed by atoms with Crippen molar-refractivity contribution in [2.75, 3.05) is 18.3 Å². The zero-order chi connectivity index (χ0) is 20.1. The molecule has 0 bridgehead atoms. The lowest BCUT2D eigenvalue weighted by Gasteiger charge is -2.35. The Morgan fingerprint density at radius 1 is 1.18 bits per heavy atom. The van der Waals surface area contributed by atoms with Crippen LogP contribution in [0.5, 0.6) is 5.75 Å². The second-order valence-corrected chi connectivity index (χ2v) is 9.89. The number of para-hydroxylation sites is 1. The van der Waals surface area contributed by atoms with Crippen molar-refractivity contribution in [3.05, 3.63) is 59.7 Å². The van der Waals surface area contributed by atoms with Crippen LogP contribution in [0.3, 0.4) is 0 Å². The molecule has 0 radical (unpaired) electrons. The Bertz CT molecular complexity index is 1030. The van der Waals surface area contributed by atoms with Crippen LogP contribution in [-0.2, 0) is 21.0 Å². The van der Waals surface area contributed by atoms with Gasteiger partial charge in [-0.3, -0.25) is 0 Å². The lowest BCUT2D eigenvalue weighted by Crippen LogP contribution is -2.46. The summed E-state index contributed by atoms with van der Waals surface area (Å²) in [4.78, 5) is 2.52. The largest absolute Gasteiger partial charge is 0.497 e. The number of benzene rings is 2. The smallest absolute Gasteiger partial charge is 0.177 e. The van der Waals surface area contributed by atoms with Crippen LogP contribution in [0.1, 0.15) is 25.0 Å². The molecular formula is C22H25NO4S. The van der Waals surface area contributed by atoms with Crippen LogP contribution in [-0.4, -0.2) is 39.7 Å². The van der Waals surface area contributed by atoms with E-state index in [1.54, 1.807) is 13.2 Å². The van der Waals surface area contributed by atoms with Crippen LogP contribution in [0, 0.1) is 0 Å². The van der Waals surface area contributed by atoms with Crippen molar-refractivity contribution in [2.24, 2.45) is 0 Å². The SMILES string of the molecule is COc1ccc(C=CC2OC3Cc4cccc(S(C)(=O)=O)c4N3C2(C)C)cc1. The number of anilines is 1. The molecule has 0 aliphatic carbocycles. The summed E-state index contributed by atoms with van der Waals surface area (Å²) in [6.07, 6.45) is 5.75. The van der Waals surface area contributed by atoms with Gasteiger partial charge in [-0.1, -0.05) is 36.4 Å². The van der Waals surface area contributed by atoms with E-state index in [1.807, 2.05) is 42.5 Å². The molecule has 6 heteroatoms. The number of rotatable bonds is 4. The van der Waals surface area contributed by atoms with E-state index in [4.69, 9.17) is 9.47 Å². The Morgan fingerprint density at radius 3 is 2.54 bits per heavy atom. The molecule has 2 aromatic rings. The van der Waals surface area contributed by atoms with E-state index in [1.165, 1.54) is 6.26 Å². The van der Waals surface area contributed by atoms with Crippen LogP contribution >= 0.6 is 0 Å². The van der Waals surface area contributed by atoms with E-state index in [-0.39, 0.29) is 17.9 Å². The molecule has 0 aromatic heterocycles. The van der Waals surface area contributed by atoms with Gasteiger partial charge in [0.05, 0.1) is 23.2 Å². The molecule has 2 aliphatic heterocycles. The monoisotopic (exact) mass is 399 g/mol. The molecule has 0 spiro atoms. The number of ether oxygens (including phenoxy) is 2. The molecular weight excluding hydrogens is 374 g/mol. The highest BCUT2D eigenvalue weighted by molar-refractivity contribution is 7.90. The standard InChI is InChI=1S/C22H25NO4S/c1-22(2)19(13-10-15-8-11-17(26-3)12-9-15)27-20-14-16-6-5-7-18(28(4,24)25)21(16)23(20)22/h5-13,19-20H,14H2,1-4H3. The predicted molar refractivity (Wildman–Crippen MR) is 111 cm³/mol. The third kappa shape index (κ3) is 3.10. The quantitative estimate of drug-likeness (QED) is 0.785. The molecule has 148 valence electrons. The first-order valence-electron chi connectivity index (χ1n) is 9.31. The third-order valence-corrected chi connectivity index (χ3v) is 6.73. The van der Waals surface area contributed by atoms with Gasteiger partial charge in [0.25, 0.3) is 0 Å². The van der Waals surface area contributed by atoms with E-state index >= 15 is 0 Å². The number of sulfone groups is 1. The van der Waals surface area contributed by atoms with Crippen molar-refractivity contribution in [2.45, 2.75) is 43.0 Å². The molecule has 0 amide bonds. The highest BCUT2D eigenvalue weighted by atomic mass is 32.2. The summed E-state index contributed by atoms with van der Waals surface area (Å²) >= 11 is 0. The van der Waals surface area contributed by atoms with Gasteiger partial charge in [-0.2, -0.15) is 0 Å². The van der Waals surface area contributed by atoms with Crippen LogP contribution < -0.4 is 9.64 Å². The minimum atomic E-state index is -3.32. The molecule has 0 saturated carbocycles. The molecule has 2 aliphatic rings. The summed E-state index contributed by atoms with van der Waals surface area (Å²) in [5, 5.41) is 0. The first kappa shape index (κ1) is 19.0. The average molecular weight is 400 g/mol. The van der Waals surface area contributed by atoms with Crippen LogP contribution in [0.25, 0.3) is 6.08 Å². The van der Waals surface area contributed by atoms with E-state index in [2.05, 4.69) is 24.8 Å². The lowest BCUT2D eigenvalue weighted by atomic mass is 9.95. The number of hydrogen-bond donors (Lipinski definition) is 0. The topological polar surface area (TPSA) is 55.8 Å². The van der Waals surface area contributed by atoms with Crippen molar-refractivity contribution in [1.82, 2.24) is 0 Å². The summed E-state index contributed by atoms with van der Waals surface area (Å²) < 4.78 is 36.2. The van der Waals surface area contributed by atoms with E-state index < -0.39 is 9.84 Å². The summed E-state index contributed by atoms with van der Waals surface area (Å²) in [5.41, 5.74) is 2.50. The predicted octanol–water partition coefficient (Wildman–Crippen LogP) is 3.68. The van der Waals surface area contributed by atoms with Gasteiger partial charge >= 0.3 is 0 Å². The van der Waals surface area contributed by atoms with E-state index in [9.17, 15) is 8.42 Å². The molecule has 2 heterocycles. The van der Waals surface area contributed by atoms with Gasteiger partial charge in [0, 0.05) is 12.7 Å². The maximum atomic E-state index is 12.3. The fraction of sp³-hybridized carbons (Fsp3) is 0.364. The third-order valence-electron chi connectivity index (χ3n) is 5.61. The number of hydrogen-bond acceptors (Lipinski definition) is 5. The maximum absolute atomic E-state index is 12.3. The minimum Gasteiger partial charge on any atom is -0.497 e.